The van der Waals surface area contributed by atoms with E-state index in [1.54, 1.807) is 6.92 Å². The number of fused-ring (bicyclic) bond motifs is 1. The van der Waals surface area contributed by atoms with Gasteiger partial charge in [0, 0.05) is 11.3 Å². The summed E-state index contributed by atoms with van der Waals surface area (Å²) in [5.74, 6) is -1.96. The van der Waals surface area contributed by atoms with Crippen molar-refractivity contribution >= 4 is 10.9 Å². The molecule has 4 heteroatoms. The van der Waals surface area contributed by atoms with E-state index in [1.165, 1.54) is 6.07 Å². The third-order valence-corrected chi connectivity index (χ3v) is 2.91. The van der Waals surface area contributed by atoms with Crippen LogP contribution in [0.4, 0.5) is 8.78 Å². The molecule has 1 aromatic carbocycles. The number of nitrogens with one attached hydrogen (secondary N) is 1. The van der Waals surface area contributed by atoms with E-state index in [1.807, 2.05) is 13.8 Å². The van der Waals surface area contributed by atoms with E-state index >= 15 is 0 Å². The minimum Gasteiger partial charge on any atom is -0.358 e. The molecule has 17 heavy (non-hydrogen) atoms. The van der Waals surface area contributed by atoms with Gasteiger partial charge in [-0.05, 0) is 25.0 Å². The van der Waals surface area contributed by atoms with Crippen LogP contribution in [0.2, 0.25) is 0 Å². The van der Waals surface area contributed by atoms with Gasteiger partial charge in [-0.2, -0.15) is 0 Å². The van der Waals surface area contributed by atoms with Gasteiger partial charge in [-0.3, -0.25) is 4.79 Å². The Morgan fingerprint density at radius 3 is 2.47 bits per heavy atom. The van der Waals surface area contributed by atoms with Gasteiger partial charge in [0.15, 0.2) is 17.1 Å². The molecule has 2 rings (SSSR count). The summed E-state index contributed by atoms with van der Waals surface area (Å²) in [6.07, 6.45) is 0. The molecule has 0 aliphatic heterocycles. The first kappa shape index (κ1) is 11.8. The molecule has 0 unspecified atom stereocenters. The molecular formula is C13H13F2NO. The predicted octanol–water partition coefficient (Wildman–Crippen LogP) is 3.24. The molecule has 2 aromatic rings. The fraction of sp³-hybridized carbons (Fsp3) is 0.308. The molecule has 0 aliphatic rings. The second-order valence-electron chi connectivity index (χ2n) is 4.43. The Balaban J connectivity index is 2.97. The van der Waals surface area contributed by atoms with Crippen LogP contribution in [-0.4, -0.2) is 4.98 Å². The Morgan fingerprint density at radius 1 is 1.24 bits per heavy atom. The lowest BCUT2D eigenvalue weighted by Gasteiger charge is -2.11. The molecule has 0 amide bonds. The maximum absolute atomic E-state index is 13.6. The average molecular weight is 237 g/mol. The number of pyridine rings is 1. The molecule has 0 saturated heterocycles. The second kappa shape index (κ2) is 3.95. The zero-order chi connectivity index (χ0) is 12.7. The lowest BCUT2D eigenvalue weighted by Crippen LogP contribution is -2.14. The molecule has 0 fully saturated rings. The van der Waals surface area contributed by atoms with Gasteiger partial charge in [0.05, 0.1) is 10.9 Å². The topological polar surface area (TPSA) is 32.9 Å². The number of rotatable bonds is 1. The van der Waals surface area contributed by atoms with Crippen molar-refractivity contribution in [3.8, 4) is 0 Å². The van der Waals surface area contributed by atoms with Crippen molar-refractivity contribution < 1.29 is 8.78 Å². The van der Waals surface area contributed by atoms with Crippen LogP contribution in [0.3, 0.4) is 0 Å². The molecular weight excluding hydrogens is 224 g/mol. The summed E-state index contributed by atoms with van der Waals surface area (Å²) in [5, 5.41) is -0.202. The minimum atomic E-state index is -1.08. The van der Waals surface area contributed by atoms with E-state index in [0.717, 1.165) is 11.8 Å². The van der Waals surface area contributed by atoms with Gasteiger partial charge in [0.1, 0.15) is 0 Å². The van der Waals surface area contributed by atoms with Gasteiger partial charge < -0.3 is 4.98 Å². The molecule has 1 N–H and O–H groups in total. The zero-order valence-electron chi connectivity index (χ0n) is 9.90. The molecule has 1 aromatic heterocycles. The number of H-pyrrole nitrogens is 1. The number of halogens is 2. The maximum atomic E-state index is 13.6. The first-order valence-electron chi connectivity index (χ1n) is 5.44. The molecule has 1 heterocycles. The highest BCUT2D eigenvalue weighted by Gasteiger charge is 2.16. The molecule has 0 radical (unpaired) electrons. The fourth-order valence-corrected chi connectivity index (χ4v) is 2.00. The van der Waals surface area contributed by atoms with E-state index in [9.17, 15) is 13.6 Å². The average Bonchev–Trinajstić information content (AvgIpc) is 2.27. The van der Waals surface area contributed by atoms with Crippen molar-refractivity contribution in [1.82, 2.24) is 4.98 Å². The molecule has 90 valence electrons. The van der Waals surface area contributed by atoms with Crippen LogP contribution in [0, 0.1) is 18.6 Å². The van der Waals surface area contributed by atoms with Crippen LogP contribution in [0.15, 0.2) is 16.9 Å². The van der Waals surface area contributed by atoms with Crippen LogP contribution in [0.5, 0.6) is 0 Å². The lowest BCUT2D eigenvalue weighted by molar-refractivity contribution is 0.516. The van der Waals surface area contributed by atoms with Crippen LogP contribution >= 0.6 is 0 Å². The normalized spacial score (nSPS) is 11.4. The Hall–Kier alpha value is -1.71. The van der Waals surface area contributed by atoms with Gasteiger partial charge in [-0.25, -0.2) is 8.78 Å². The van der Waals surface area contributed by atoms with Crippen LogP contribution in [-0.2, 0) is 0 Å². The Bertz CT molecular complexity index is 644. The molecule has 0 aliphatic carbocycles. The largest absolute Gasteiger partial charge is 0.358 e. The van der Waals surface area contributed by atoms with Gasteiger partial charge in [-0.1, -0.05) is 13.8 Å². The number of hydrogen-bond donors (Lipinski definition) is 1. The summed E-state index contributed by atoms with van der Waals surface area (Å²) in [6.45, 7) is 5.49. The summed E-state index contributed by atoms with van der Waals surface area (Å²) in [6, 6.07) is 2.41. The monoisotopic (exact) mass is 237 g/mol. The number of benzene rings is 1. The molecule has 2 nitrogen and oxygen atoms in total. The highest BCUT2D eigenvalue weighted by molar-refractivity contribution is 5.80. The van der Waals surface area contributed by atoms with Gasteiger partial charge in [0.2, 0.25) is 0 Å². The third-order valence-electron chi connectivity index (χ3n) is 2.91. The lowest BCUT2D eigenvalue weighted by atomic mass is 10.0. The van der Waals surface area contributed by atoms with Crippen LogP contribution < -0.4 is 5.43 Å². The SMILES string of the molecule is Cc1c(C(C)C)[nH]c2ccc(F)c(F)c2c1=O. The second-order valence-corrected chi connectivity index (χ2v) is 4.43. The third kappa shape index (κ3) is 1.73. The van der Waals surface area contributed by atoms with Crippen molar-refractivity contribution in [2.75, 3.05) is 0 Å². The summed E-state index contributed by atoms with van der Waals surface area (Å²) < 4.78 is 26.7. The predicted molar refractivity (Wildman–Crippen MR) is 63.3 cm³/mol. The highest BCUT2D eigenvalue weighted by atomic mass is 19.2. The first-order chi connectivity index (χ1) is 7.93. The van der Waals surface area contributed by atoms with E-state index in [-0.39, 0.29) is 11.3 Å². The van der Waals surface area contributed by atoms with Gasteiger partial charge in [0.25, 0.3) is 0 Å². The van der Waals surface area contributed by atoms with E-state index in [4.69, 9.17) is 0 Å². The zero-order valence-corrected chi connectivity index (χ0v) is 9.90. The number of aromatic amines is 1. The van der Waals surface area contributed by atoms with Gasteiger partial charge in [-0.15, -0.1) is 0 Å². The quantitative estimate of drug-likeness (QED) is 0.811. The first-order valence-corrected chi connectivity index (χ1v) is 5.44. The summed E-state index contributed by atoms with van der Waals surface area (Å²) >= 11 is 0. The number of hydrogen-bond acceptors (Lipinski definition) is 1. The van der Waals surface area contributed by atoms with Crippen LogP contribution in [0.1, 0.15) is 31.0 Å². The van der Waals surface area contributed by atoms with Crippen molar-refractivity contribution in [2.45, 2.75) is 26.7 Å². The van der Waals surface area contributed by atoms with Crippen molar-refractivity contribution in [3.05, 3.63) is 45.2 Å². The summed E-state index contributed by atoms with van der Waals surface area (Å²) in [7, 11) is 0. The molecule has 0 spiro atoms. The standard InChI is InChI=1S/C13H13F2NO/c1-6(2)12-7(3)13(17)10-9(16-12)5-4-8(14)11(10)15/h4-6H,1-3H3,(H,16,17). The highest BCUT2D eigenvalue weighted by Crippen LogP contribution is 2.21. The molecule has 0 saturated carbocycles. The summed E-state index contributed by atoms with van der Waals surface area (Å²) in [4.78, 5) is 15.0. The Labute approximate surface area is 97.3 Å². The molecule has 0 bridgehead atoms. The Kier molecular flexibility index (Phi) is 2.73. The van der Waals surface area contributed by atoms with Crippen molar-refractivity contribution in [1.29, 1.82) is 0 Å². The van der Waals surface area contributed by atoms with Crippen molar-refractivity contribution in [3.63, 3.8) is 0 Å². The maximum Gasteiger partial charge on any atom is 0.195 e. The Morgan fingerprint density at radius 2 is 1.88 bits per heavy atom. The fourth-order valence-electron chi connectivity index (χ4n) is 2.00. The van der Waals surface area contributed by atoms with Gasteiger partial charge >= 0.3 is 0 Å². The van der Waals surface area contributed by atoms with E-state index < -0.39 is 17.1 Å². The van der Waals surface area contributed by atoms with Crippen molar-refractivity contribution in [2.24, 2.45) is 0 Å². The molecule has 0 atom stereocenters. The minimum absolute atomic E-state index is 0.125. The smallest absolute Gasteiger partial charge is 0.195 e. The summed E-state index contributed by atoms with van der Waals surface area (Å²) in [5.41, 5.74) is 1.09. The van der Waals surface area contributed by atoms with E-state index in [2.05, 4.69) is 4.98 Å². The number of aromatic nitrogens is 1. The van der Waals surface area contributed by atoms with E-state index in [0.29, 0.717) is 11.1 Å². The van der Waals surface area contributed by atoms with Crippen LogP contribution in [0.25, 0.3) is 10.9 Å².